The third kappa shape index (κ3) is 4.19. The lowest BCUT2D eigenvalue weighted by Gasteiger charge is -2.16. The maximum atomic E-state index is 12.0. The van der Waals surface area contributed by atoms with Gasteiger partial charge < -0.3 is 24.6 Å². The molecule has 2 amide bonds. The smallest absolute Gasteiger partial charge is 0.315 e. The van der Waals surface area contributed by atoms with Crippen LogP contribution in [0.4, 0.5) is 4.79 Å². The van der Waals surface area contributed by atoms with Crippen LogP contribution in [0.2, 0.25) is 0 Å². The predicted octanol–water partition coefficient (Wildman–Crippen LogP) is 2.55. The maximum absolute atomic E-state index is 12.0. The minimum atomic E-state index is -0.744. The quantitative estimate of drug-likeness (QED) is 0.642. The van der Waals surface area contributed by atoms with E-state index >= 15 is 0 Å². The van der Waals surface area contributed by atoms with Crippen LogP contribution in [0.5, 0.6) is 0 Å². The van der Waals surface area contributed by atoms with Crippen molar-refractivity contribution in [2.75, 3.05) is 0 Å². The molecule has 0 radical (unpaired) electrons. The lowest BCUT2D eigenvalue weighted by Crippen LogP contribution is -2.41. The minimum Gasteiger partial charge on any atom is -0.467 e. The Morgan fingerprint density at radius 3 is 2.92 bits per heavy atom. The molecule has 7 heteroatoms. The highest BCUT2D eigenvalue weighted by Gasteiger charge is 2.16. The van der Waals surface area contributed by atoms with Crippen molar-refractivity contribution in [1.82, 2.24) is 20.0 Å². The van der Waals surface area contributed by atoms with Crippen LogP contribution in [0.1, 0.15) is 36.6 Å². The number of nitrogens with one attached hydrogen (secondary N) is 2. The predicted molar refractivity (Wildman–Crippen MR) is 93.0 cm³/mol. The van der Waals surface area contributed by atoms with Gasteiger partial charge in [0.15, 0.2) is 0 Å². The van der Waals surface area contributed by atoms with E-state index < -0.39 is 6.10 Å². The lowest BCUT2D eigenvalue weighted by molar-refractivity contribution is 0.129. The summed E-state index contributed by atoms with van der Waals surface area (Å²) in [5.74, 6) is 0.495. The van der Waals surface area contributed by atoms with Crippen molar-refractivity contribution in [3.63, 3.8) is 0 Å². The molecular formula is C18H22N4O3. The Labute approximate surface area is 145 Å². The number of fused-ring (bicyclic) bond motifs is 1. The number of hydrogen-bond acceptors (Lipinski definition) is 4. The number of amides is 2. The van der Waals surface area contributed by atoms with Gasteiger partial charge in [0.2, 0.25) is 0 Å². The molecule has 0 aromatic carbocycles. The Morgan fingerprint density at radius 2 is 2.20 bits per heavy atom. The van der Waals surface area contributed by atoms with Crippen LogP contribution in [-0.4, -0.2) is 26.6 Å². The molecule has 0 fully saturated rings. The average Bonchev–Trinajstić information content (AvgIpc) is 3.23. The fourth-order valence-corrected chi connectivity index (χ4v) is 2.72. The second kappa shape index (κ2) is 7.40. The highest BCUT2D eigenvalue weighted by Crippen LogP contribution is 2.18. The zero-order valence-electron chi connectivity index (χ0n) is 14.3. The number of aromatic nitrogens is 2. The van der Waals surface area contributed by atoms with Gasteiger partial charge in [0, 0.05) is 24.4 Å². The molecule has 3 heterocycles. The molecule has 0 saturated carbocycles. The Morgan fingerprint density at radius 1 is 1.36 bits per heavy atom. The van der Waals surface area contributed by atoms with Crippen molar-refractivity contribution < 1.29 is 14.3 Å². The van der Waals surface area contributed by atoms with Gasteiger partial charge in [-0.2, -0.15) is 0 Å². The number of pyridine rings is 1. The standard InChI is InChI=1S/C18H22N4O3/c1-12(9-15(23)16-6-4-8-25-16)20-18(24)19-10-14-11-22-13(2)5-3-7-17(22)21-14/h3-8,11-12,15,23H,9-10H2,1-2H3,(H2,19,20,24). The van der Waals surface area contributed by atoms with Crippen LogP contribution in [0.15, 0.2) is 47.2 Å². The first-order chi connectivity index (χ1) is 12.0. The van der Waals surface area contributed by atoms with E-state index in [9.17, 15) is 9.90 Å². The Balaban J connectivity index is 1.49. The van der Waals surface area contributed by atoms with Gasteiger partial charge in [0.05, 0.1) is 18.5 Å². The van der Waals surface area contributed by atoms with E-state index in [4.69, 9.17) is 4.42 Å². The summed E-state index contributed by atoms with van der Waals surface area (Å²) in [5, 5.41) is 15.6. The van der Waals surface area contributed by atoms with Gasteiger partial charge in [-0.15, -0.1) is 0 Å². The number of imidazole rings is 1. The molecule has 7 nitrogen and oxygen atoms in total. The van der Waals surface area contributed by atoms with E-state index in [0.717, 1.165) is 17.0 Å². The monoisotopic (exact) mass is 342 g/mol. The molecule has 0 aliphatic rings. The summed E-state index contributed by atoms with van der Waals surface area (Å²) >= 11 is 0. The number of carbonyl (C=O) groups excluding carboxylic acids is 1. The molecule has 0 saturated heterocycles. The summed E-state index contributed by atoms with van der Waals surface area (Å²) < 4.78 is 7.14. The van der Waals surface area contributed by atoms with Gasteiger partial charge in [-0.1, -0.05) is 6.07 Å². The molecule has 0 spiro atoms. The van der Waals surface area contributed by atoms with E-state index in [-0.39, 0.29) is 12.1 Å². The number of rotatable bonds is 6. The largest absolute Gasteiger partial charge is 0.467 e. The zero-order chi connectivity index (χ0) is 17.8. The Hall–Kier alpha value is -2.80. The summed E-state index contributed by atoms with van der Waals surface area (Å²) in [6, 6.07) is 8.81. The summed E-state index contributed by atoms with van der Waals surface area (Å²) in [7, 11) is 0. The number of nitrogens with zero attached hydrogens (tertiary/aromatic N) is 2. The normalized spacial score (nSPS) is 13.6. The number of carbonyl (C=O) groups is 1. The number of aliphatic hydroxyl groups is 1. The molecule has 3 aromatic rings. The first-order valence-electron chi connectivity index (χ1n) is 8.22. The van der Waals surface area contributed by atoms with Crippen LogP contribution in [-0.2, 0) is 6.54 Å². The summed E-state index contributed by atoms with van der Waals surface area (Å²) in [6.07, 6.45) is 3.05. The number of aliphatic hydroxyl groups excluding tert-OH is 1. The summed E-state index contributed by atoms with van der Waals surface area (Å²) in [5.41, 5.74) is 2.72. The van der Waals surface area contributed by atoms with E-state index in [2.05, 4.69) is 15.6 Å². The first-order valence-corrected chi connectivity index (χ1v) is 8.22. The maximum Gasteiger partial charge on any atom is 0.315 e. The van der Waals surface area contributed by atoms with Gasteiger partial charge in [-0.05, 0) is 38.1 Å². The fraction of sp³-hybridized carbons (Fsp3) is 0.333. The van der Waals surface area contributed by atoms with Gasteiger partial charge >= 0.3 is 6.03 Å². The molecule has 2 unspecified atom stereocenters. The van der Waals surface area contributed by atoms with Crippen molar-refractivity contribution in [3.05, 3.63) is 59.9 Å². The molecule has 132 valence electrons. The van der Waals surface area contributed by atoms with E-state index in [1.54, 1.807) is 12.1 Å². The van der Waals surface area contributed by atoms with Crippen molar-refractivity contribution in [1.29, 1.82) is 0 Å². The van der Waals surface area contributed by atoms with Crippen molar-refractivity contribution in [2.24, 2.45) is 0 Å². The van der Waals surface area contributed by atoms with E-state index in [0.29, 0.717) is 18.7 Å². The van der Waals surface area contributed by atoms with Crippen molar-refractivity contribution in [2.45, 2.75) is 39.0 Å². The molecule has 3 rings (SSSR count). The van der Waals surface area contributed by atoms with Crippen LogP contribution in [0.3, 0.4) is 0 Å². The van der Waals surface area contributed by atoms with Gasteiger partial charge in [0.1, 0.15) is 17.5 Å². The molecule has 3 aromatic heterocycles. The van der Waals surface area contributed by atoms with Crippen LogP contribution in [0.25, 0.3) is 5.65 Å². The van der Waals surface area contributed by atoms with Crippen LogP contribution >= 0.6 is 0 Å². The topological polar surface area (TPSA) is 91.8 Å². The third-order valence-electron chi connectivity index (χ3n) is 4.00. The van der Waals surface area contributed by atoms with Crippen LogP contribution < -0.4 is 10.6 Å². The van der Waals surface area contributed by atoms with Gasteiger partial charge in [-0.3, -0.25) is 0 Å². The Bertz CT molecular complexity index is 841. The molecule has 0 bridgehead atoms. The summed E-state index contributed by atoms with van der Waals surface area (Å²) in [6.45, 7) is 4.17. The lowest BCUT2D eigenvalue weighted by atomic mass is 10.1. The summed E-state index contributed by atoms with van der Waals surface area (Å²) in [4.78, 5) is 16.5. The van der Waals surface area contributed by atoms with Crippen LogP contribution in [0, 0.1) is 6.92 Å². The molecule has 0 aliphatic carbocycles. The zero-order valence-corrected chi connectivity index (χ0v) is 14.3. The third-order valence-corrected chi connectivity index (χ3v) is 4.00. The van der Waals surface area contributed by atoms with E-state index in [1.807, 2.05) is 42.6 Å². The number of hydrogen-bond donors (Lipinski definition) is 3. The Kier molecular flexibility index (Phi) is 5.04. The first kappa shape index (κ1) is 17.0. The van der Waals surface area contributed by atoms with Crippen molar-refractivity contribution in [3.8, 4) is 0 Å². The molecule has 2 atom stereocenters. The number of aryl methyl sites for hydroxylation is 1. The highest BCUT2D eigenvalue weighted by molar-refractivity contribution is 5.74. The number of furan rings is 1. The highest BCUT2D eigenvalue weighted by atomic mass is 16.4. The van der Waals surface area contributed by atoms with E-state index in [1.165, 1.54) is 6.26 Å². The number of urea groups is 1. The fourth-order valence-electron chi connectivity index (χ4n) is 2.72. The second-order valence-electron chi connectivity index (χ2n) is 6.12. The molecule has 0 aliphatic heterocycles. The molecule has 25 heavy (non-hydrogen) atoms. The molecule has 3 N–H and O–H groups in total. The average molecular weight is 342 g/mol. The van der Waals surface area contributed by atoms with Crippen molar-refractivity contribution >= 4 is 11.7 Å². The van der Waals surface area contributed by atoms with Gasteiger partial charge in [-0.25, -0.2) is 9.78 Å². The minimum absolute atomic E-state index is 0.205. The molecular weight excluding hydrogens is 320 g/mol. The second-order valence-corrected chi connectivity index (χ2v) is 6.12. The van der Waals surface area contributed by atoms with Gasteiger partial charge in [0.25, 0.3) is 0 Å². The SMILES string of the molecule is Cc1cccc2nc(CNC(=O)NC(C)CC(O)c3ccco3)cn12.